The summed E-state index contributed by atoms with van der Waals surface area (Å²) in [4.78, 5) is 4.43. The predicted molar refractivity (Wildman–Crippen MR) is 99.7 cm³/mol. The van der Waals surface area contributed by atoms with Crippen molar-refractivity contribution in [1.82, 2.24) is 14.4 Å². The molecule has 3 aromatic rings. The second kappa shape index (κ2) is 7.13. The number of nitrogens with zero attached hydrogens (tertiary/aromatic N) is 3. The van der Waals surface area contributed by atoms with Gasteiger partial charge in [0.2, 0.25) is 21.7 Å². The molecular weight excluding hydrogens is 366 g/mol. The van der Waals surface area contributed by atoms with Crippen LogP contribution in [0.2, 0.25) is 0 Å². The Morgan fingerprint density at radius 3 is 2.56 bits per heavy atom. The molecule has 7 nitrogen and oxygen atoms in total. The number of aromatic nitrogens is 2. The van der Waals surface area contributed by atoms with Gasteiger partial charge in [0.1, 0.15) is 5.75 Å². The summed E-state index contributed by atoms with van der Waals surface area (Å²) >= 11 is 0. The Labute approximate surface area is 157 Å². The average Bonchev–Trinajstić information content (AvgIpc) is 3.10. The van der Waals surface area contributed by atoms with Crippen molar-refractivity contribution in [3.63, 3.8) is 0 Å². The van der Waals surface area contributed by atoms with Gasteiger partial charge >= 0.3 is 0 Å². The summed E-state index contributed by atoms with van der Waals surface area (Å²) in [5, 5.41) is 4.02. The molecule has 2 heterocycles. The lowest BCUT2D eigenvalue weighted by Crippen LogP contribution is -2.48. The monoisotopic (exact) mass is 385 g/mol. The summed E-state index contributed by atoms with van der Waals surface area (Å²) in [6, 6.07) is 16.6. The molecule has 0 N–H and O–H groups in total. The van der Waals surface area contributed by atoms with Gasteiger partial charge in [-0.1, -0.05) is 47.6 Å². The highest BCUT2D eigenvalue weighted by Crippen LogP contribution is 2.32. The van der Waals surface area contributed by atoms with Crippen LogP contribution in [0.5, 0.6) is 5.75 Å². The minimum atomic E-state index is -3.35. The van der Waals surface area contributed by atoms with Gasteiger partial charge in [-0.3, -0.25) is 0 Å². The molecule has 1 aromatic heterocycles. The average molecular weight is 385 g/mol. The summed E-state index contributed by atoms with van der Waals surface area (Å²) < 4.78 is 37.2. The molecule has 1 fully saturated rings. The van der Waals surface area contributed by atoms with E-state index in [-0.39, 0.29) is 11.7 Å². The number of para-hydroxylation sites is 1. The maximum absolute atomic E-state index is 12.5. The SMILES string of the molecule is COc1ccccc1-c1noc(C2CN(S(=O)(=O)Cc3ccccc3)C2)n1. The van der Waals surface area contributed by atoms with E-state index in [1.807, 2.05) is 54.6 Å². The fourth-order valence-corrected chi connectivity index (χ4v) is 4.65. The van der Waals surface area contributed by atoms with Crippen molar-refractivity contribution in [2.24, 2.45) is 0 Å². The molecule has 140 valence electrons. The molecule has 0 unspecified atom stereocenters. The van der Waals surface area contributed by atoms with Crippen LogP contribution in [0.3, 0.4) is 0 Å². The van der Waals surface area contributed by atoms with Gasteiger partial charge in [-0.05, 0) is 17.7 Å². The molecule has 0 spiro atoms. The largest absolute Gasteiger partial charge is 0.496 e. The van der Waals surface area contributed by atoms with Gasteiger partial charge in [0.25, 0.3) is 0 Å². The zero-order valence-corrected chi connectivity index (χ0v) is 15.6. The Morgan fingerprint density at radius 1 is 1.11 bits per heavy atom. The van der Waals surface area contributed by atoms with Gasteiger partial charge in [0, 0.05) is 13.1 Å². The fraction of sp³-hybridized carbons (Fsp3) is 0.263. The number of benzene rings is 2. The van der Waals surface area contributed by atoms with Crippen LogP contribution in [0, 0.1) is 0 Å². The first kappa shape index (κ1) is 17.7. The summed E-state index contributed by atoms with van der Waals surface area (Å²) in [6.07, 6.45) is 0. The molecule has 0 bridgehead atoms. The van der Waals surface area contributed by atoms with Crippen molar-refractivity contribution in [3.05, 3.63) is 66.1 Å². The Kier molecular flexibility index (Phi) is 4.67. The highest BCUT2D eigenvalue weighted by Gasteiger charge is 2.39. The van der Waals surface area contributed by atoms with E-state index in [1.54, 1.807) is 7.11 Å². The minimum Gasteiger partial charge on any atom is -0.496 e. The molecular formula is C19H19N3O4S. The maximum atomic E-state index is 12.5. The summed E-state index contributed by atoms with van der Waals surface area (Å²) in [7, 11) is -1.77. The standard InChI is InChI=1S/C19H19N3O4S/c1-25-17-10-6-5-9-16(17)18-20-19(26-21-18)15-11-22(12-15)27(23,24)13-14-7-3-2-4-8-14/h2-10,15H,11-13H2,1H3. The first-order valence-electron chi connectivity index (χ1n) is 8.55. The molecule has 0 amide bonds. The van der Waals surface area contributed by atoms with Gasteiger partial charge in [0.15, 0.2) is 0 Å². The van der Waals surface area contributed by atoms with Gasteiger partial charge < -0.3 is 9.26 Å². The molecule has 0 atom stereocenters. The van der Waals surface area contributed by atoms with Gasteiger partial charge in [-0.15, -0.1) is 0 Å². The summed E-state index contributed by atoms with van der Waals surface area (Å²) in [5.74, 6) is 1.45. The molecule has 1 saturated heterocycles. The molecule has 0 aliphatic carbocycles. The lowest BCUT2D eigenvalue weighted by molar-refractivity contribution is 0.216. The van der Waals surface area contributed by atoms with Gasteiger partial charge in [-0.25, -0.2) is 8.42 Å². The van der Waals surface area contributed by atoms with Crippen LogP contribution in [0.15, 0.2) is 59.1 Å². The lowest BCUT2D eigenvalue weighted by Gasteiger charge is -2.35. The molecule has 0 radical (unpaired) electrons. The van der Waals surface area contributed by atoms with Crippen LogP contribution < -0.4 is 4.74 Å². The van der Waals surface area contributed by atoms with Crippen LogP contribution in [0.1, 0.15) is 17.4 Å². The van der Waals surface area contributed by atoms with Crippen molar-refractivity contribution in [3.8, 4) is 17.1 Å². The summed E-state index contributed by atoms with van der Waals surface area (Å²) in [5.41, 5.74) is 1.51. The van der Waals surface area contributed by atoms with Crippen LogP contribution in [-0.2, 0) is 15.8 Å². The zero-order valence-electron chi connectivity index (χ0n) is 14.8. The highest BCUT2D eigenvalue weighted by molar-refractivity contribution is 7.88. The van der Waals surface area contributed by atoms with E-state index < -0.39 is 10.0 Å². The number of ether oxygens (including phenoxy) is 1. The molecule has 4 rings (SSSR count). The third-order valence-electron chi connectivity index (χ3n) is 4.57. The molecule has 1 aliphatic heterocycles. The van der Waals surface area contributed by atoms with Crippen molar-refractivity contribution < 1.29 is 17.7 Å². The van der Waals surface area contributed by atoms with Crippen molar-refractivity contribution >= 4 is 10.0 Å². The Balaban J connectivity index is 1.44. The molecule has 0 saturated carbocycles. The lowest BCUT2D eigenvalue weighted by atomic mass is 10.0. The van der Waals surface area contributed by atoms with Crippen LogP contribution >= 0.6 is 0 Å². The van der Waals surface area contributed by atoms with E-state index in [1.165, 1.54) is 4.31 Å². The number of methoxy groups -OCH3 is 1. The second-order valence-corrected chi connectivity index (χ2v) is 8.38. The predicted octanol–water partition coefficient (Wildman–Crippen LogP) is 2.67. The van der Waals surface area contributed by atoms with Crippen LogP contribution in [0.4, 0.5) is 0 Å². The van der Waals surface area contributed by atoms with E-state index in [2.05, 4.69) is 10.1 Å². The number of rotatable bonds is 6. The topological polar surface area (TPSA) is 85.5 Å². The van der Waals surface area contributed by atoms with Gasteiger partial charge in [-0.2, -0.15) is 9.29 Å². The quantitative estimate of drug-likeness (QED) is 0.648. The van der Waals surface area contributed by atoms with Gasteiger partial charge in [0.05, 0.1) is 24.3 Å². The summed E-state index contributed by atoms with van der Waals surface area (Å²) in [6.45, 7) is 0.700. The Morgan fingerprint density at radius 2 is 1.81 bits per heavy atom. The van der Waals surface area contributed by atoms with E-state index in [0.29, 0.717) is 30.6 Å². The molecule has 1 aliphatic rings. The van der Waals surface area contributed by atoms with E-state index in [4.69, 9.17) is 9.26 Å². The van der Waals surface area contributed by atoms with Crippen molar-refractivity contribution in [1.29, 1.82) is 0 Å². The zero-order chi connectivity index (χ0) is 18.9. The fourth-order valence-electron chi connectivity index (χ4n) is 3.04. The number of hydrogen-bond donors (Lipinski definition) is 0. The molecule has 2 aromatic carbocycles. The molecule has 27 heavy (non-hydrogen) atoms. The van der Waals surface area contributed by atoms with E-state index in [9.17, 15) is 8.42 Å². The Hall–Kier alpha value is -2.71. The smallest absolute Gasteiger partial charge is 0.232 e. The number of sulfonamides is 1. The van der Waals surface area contributed by atoms with Crippen molar-refractivity contribution in [2.75, 3.05) is 20.2 Å². The van der Waals surface area contributed by atoms with Crippen molar-refractivity contribution in [2.45, 2.75) is 11.7 Å². The second-order valence-electron chi connectivity index (χ2n) is 6.41. The Bertz CT molecular complexity index is 1030. The highest BCUT2D eigenvalue weighted by atomic mass is 32.2. The van der Waals surface area contributed by atoms with Crippen LogP contribution in [0.25, 0.3) is 11.4 Å². The van der Waals surface area contributed by atoms with Crippen LogP contribution in [-0.4, -0.2) is 43.1 Å². The third-order valence-corrected chi connectivity index (χ3v) is 6.36. The number of hydrogen-bond acceptors (Lipinski definition) is 6. The maximum Gasteiger partial charge on any atom is 0.232 e. The first-order valence-corrected chi connectivity index (χ1v) is 10.2. The normalized spacial score (nSPS) is 15.4. The van der Waals surface area contributed by atoms with E-state index in [0.717, 1.165) is 11.1 Å². The minimum absolute atomic E-state index is 0.00312. The third kappa shape index (κ3) is 3.58. The van der Waals surface area contributed by atoms with E-state index >= 15 is 0 Å². The molecule has 8 heteroatoms. The first-order chi connectivity index (χ1) is 13.1.